The molecule has 222 valence electrons. The number of ketones is 1. The van der Waals surface area contributed by atoms with Gasteiger partial charge in [-0.3, -0.25) is 4.79 Å². The number of Topliss-reactive ketones (excluding diaryl/α,β-unsaturated/α-hetero) is 1. The van der Waals surface area contributed by atoms with Gasteiger partial charge in [-0.25, -0.2) is 9.59 Å². The highest BCUT2D eigenvalue weighted by Crippen LogP contribution is 2.44. The van der Waals surface area contributed by atoms with Gasteiger partial charge in [0, 0.05) is 18.9 Å². The number of rotatable bonds is 12. The number of aliphatic hydroxyl groups excluding tert-OH is 1. The number of alkyl carbamates (subject to hydrolysis) is 2. The van der Waals surface area contributed by atoms with Gasteiger partial charge < -0.3 is 25.2 Å². The third kappa shape index (κ3) is 8.42. The molecule has 8 nitrogen and oxygen atoms in total. The standard InChI is InChI=1S/C34H40N2O6/c1-34(2,3)42-32(39)35-19-9-8-14-30(31(38)20-23-15-17-24(21-37)18-16-23)36-33(40)41-22-29-27-12-6-4-10-25(27)26-11-5-7-13-28(26)29/h4-7,10-13,15-18,29-30,37H,8-9,14,19-22H2,1-3H3,(H,35,39)(H,36,40). The first-order chi connectivity index (χ1) is 20.1. The predicted molar refractivity (Wildman–Crippen MR) is 161 cm³/mol. The molecule has 0 radical (unpaired) electrons. The van der Waals surface area contributed by atoms with Crippen molar-refractivity contribution in [2.75, 3.05) is 13.2 Å². The summed E-state index contributed by atoms with van der Waals surface area (Å²) < 4.78 is 11.0. The minimum Gasteiger partial charge on any atom is -0.449 e. The van der Waals surface area contributed by atoms with Crippen LogP contribution in [0.5, 0.6) is 0 Å². The molecule has 0 aromatic heterocycles. The van der Waals surface area contributed by atoms with E-state index < -0.39 is 23.8 Å². The largest absolute Gasteiger partial charge is 0.449 e. The van der Waals surface area contributed by atoms with Gasteiger partial charge in [-0.1, -0.05) is 72.8 Å². The van der Waals surface area contributed by atoms with Gasteiger partial charge in [-0.15, -0.1) is 0 Å². The summed E-state index contributed by atoms with van der Waals surface area (Å²) in [6.45, 7) is 5.88. The molecular formula is C34H40N2O6. The number of benzene rings is 3. The lowest BCUT2D eigenvalue weighted by Crippen LogP contribution is -2.42. The molecule has 0 spiro atoms. The van der Waals surface area contributed by atoms with E-state index in [1.54, 1.807) is 45.0 Å². The van der Waals surface area contributed by atoms with Crippen molar-refractivity contribution < 1.29 is 29.0 Å². The van der Waals surface area contributed by atoms with Crippen LogP contribution in [0.3, 0.4) is 0 Å². The second-order valence-corrected chi connectivity index (χ2v) is 11.6. The normalized spacial score (nSPS) is 13.0. The number of nitrogens with one attached hydrogen (secondary N) is 2. The average Bonchev–Trinajstić information content (AvgIpc) is 3.28. The molecule has 0 bridgehead atoms. The van der Waals surface area contributed by atoms with Gasteiger partial charge in [-0.2, -0.15) is 0 Å². The molecule has 1 unspecified atom stereocenters. The zero-order valence-corrected chi connectivity index (χ0v) is 24.5. The molecule has 3 aromatic carbocycles. The number of aliphatic hydroxyl groups is 1. The second-order valence-electron chi connectivity index (χ2n) is 11.6. The number of fused-ring (bicyclic) bond motifs is 3. The molecular weight excluding hydrogens is 532 g/mol. The Balaban J connectivity index is 1.35. The number of hydrogen-bond acceptors (Lipinski definition) is 6. The van der Waals surface area contributed by atoms with E-state index >= 15 is 0 Å². The Kier molecular flexibility index (Phi) is 10.4. The molecule has 0 fully saturated rings. The van der Waals surface area contributed by atoms with Crippen molar-refractivity contribution in [3.63, 3.8) is 0 Å². The zero-order valence-electron chi connectivity index (χ0n) is 24.5. The quantitative estimate of drug-likeness (QED) is 0.233. The van der Waals surface area contributed by atoms with Crippen molar-refractivity contribution in [1.29, 1.82) is 0 Å². The van der Waals surface area contributed by atoms with Crippen molar-refractivity contribution in [1.82, 2.24) is 10.6 Å². The van der Waals surface area contributed by atoms with Crippen LogP contribution in [0.2, 0.25) is 0 Å². The van der Waals surface area contributed by atoms with Crippen LogP contribution in [-0.4, -0.2) is 47.9 Å². The summed E-state index contributed by atoms with van der Waals surface area (Å²) in [5.41, 5.74) is 5.49. The van der Waals surface area contributed by atoms with Crippen LogP contribution in [0.25, 0.3) is 11.1 Å². The molecule has 1 aliphatic rings. The van der Waals surface area contributed by atoms with Crippen LogP contribution >= 0.6 is 0 Å². The Bertz CT molecular complexity index is 1330. The van der Waals surface area contributed by atoms with Crippen LogP contribution in [-0.2, 0) is 27.3 Å². The van der Waals surface area contributed by atoms with Crippen molar-refractivity contribution in [2.24, 2.45) is 0 Å². The van der Waals surface area contributed by atoms with E-state index in [1.165, 1.54) is 0 Å². The van der Waals surface area contributed by atoms with Crippen LogP contribution in [0, 0.1) is 0 Å². The molecule has 0 saturated carbocycles. The summed E-state index contributed by atoms with van der Waals surface area (Å²) in [7, 11) is 0. The fraction of sp³-hybridized carbons (Fsp3) is 0.382. The lowest BCUT2D eigenvalue weighted by atomic mass is 9.98. The van der Waals surface area contributed by atoms with Gasteiger partial charge in [0.05, 0.1) is 12.6 Å². The van der Waals surface area contributed by atoms with Gasteiger partial charge in [0.25, 0.3) is 0 Å². The second kappa shape index (κ2) is 14.1. The maximum Gasteiger partial charge on any atom is 0.407 e. The van der Waals surface area contributed by atoms with Gasteiger partial charge in [0.1, 0.15) is 12.2 Å². The van der Waals surface area contributed by atoms with Gasteiger partial charge in [-0.05, 0) is 73.4 Å². The number of amides is 2. The molecule has 8 heteroatoms. The highest BCUT2D eigenvalue weighted by molar-refractivity contribution is 5.89. The first kappa shape index (κ1) is 30.8. The van der Waals surface area contributed by atoms with Crippen molar-refractivity contribution in [3.8, 4) is 11.1 Å². The van der Waals surface area contributed by atoms with Crippen molar-refractivity contribution in [3.05, 3.63) is 95.1 Å². The van der Waals surface area contributed by atoms with Gasteiger partial charge in [0.15, 0.2) is 5.78 Å². The maximum atomic E-state index is 13.3. The van der Waals surface area contributed by atoms with Crippen LogP contribution in [0.15, 0.2) is 72.8 Å². The van der Waals surface area contributed by atoms with Crippen LogP contribution in [0.4, 0.5) is 9.59 Å². The van der Waals surface area contributed by atoms with Crippen LogP contribution < -0.4 is 10.6 Å². The summed E-state index contributed by atoms with van der Waals surface area (Å²) in [5, 5.41) is 14.8. The van der Waals surface area contributed by atoms with E-state index in [4.69, 9.17) is 9.47 Å². The molecule has 2 amide bonds. The lowest BCUT2D eigenvalue weighted by Gasteiger charge is -2.20. The number of carbonyl (C=O) groups excluding carboxylic acids is 3. The lowest BCUT2D eigenvalue weighted by molar-refractivity contribution is -0.120. The van der Waals surface area contributed by atoms with Crippen molar-refractivity contribution in [2.45, 2.75) is 70.6 Å². The Morgan fingerprint density at radius 2 is 1.43 bits per heavy atom. The van der Waals surface area contributed by atoms with Gasteiger partial charge >= 0.3 is 12.2 Å². The Morgan fingerprint density at radius 1 is 0.833 bits per heavy atom. The van der Waals surface area contributed by atoms with Gasteiger partial charge in [0.2, 0.25) is 0 Å². The average molecular weight is 573 g/mol. The van der Waals surface area contributed by atoms with Crippen LogP contribution in [0.1, 0.15) is 68.2 Å². The summed E-state index contributed by atoms with van der Waals surface area (Å²) >= 11 is 0. The van der Waals surface area contributed by atoms with Crippen molar-refractivity contribution >= 4 is 18.0 Å². The highest BCUT2D eigenvalue weighted by atomic mass is 16.6. The predicted octanol–water partition coefficient (Wildman–Crippen LogP) is 5.89. The first-order valence-corrected chi connectivity index (χ1v) is 14.4. The molecule has 3 N–H and O–H groups in total. The number of unbranched alkanes of at least 4 members (excludes halogenated alkanes) is 1. The molecule has 1 aliphatic carbocycles. The summed E-state index contributed by atoms with van der Waals surface area (Å²) in [4.78, 5) is 38.2. The third-order valence-corrected chi connectivity index (χ3v) is 7.20. The van der Waals surface area contributed by atoms with E-state index in [1.807, 2.05) is 24.3 Å². The smallest absolute Gasteiger partial charge is 0.407 e. The monoisotopic (exact) mass is 572 g/mol. The molecule has 0 saturated heterocycles. The fourth-order valence-corrected chi connectivity index (χ4v) is 5.16. The fourth-order valence-electron chi connectivity index (χ4n) is 5.16. The number of ether oxygens (including phenoxy) is 2. The Labute approximate surface area is 247 Å². The molecule has 0 heterocycles. The first-order valence-electron chi connectivity index (χ1n) is 14.4. The Morgan fingerprint density at radius 3 is 2.02 bits per heavy atom. The Hall–Kier alpha value is -4.17. The minimum atomic E-state index is -0.750. The maximum absolute atomic E-state index is 13.3. The number of carbonyl (C=O) groups is 3. The van der Waals surface area contributed by atoms with E-state index in [0.29, 0.717) is 25.8 Å². The highest BCUT2D eigenvalue weighted by Gasteiger charge is 2.30. The summed E-state index contributed by atoms with van der Waals surface area (Å²) in [6.07, 6.45) is 0.611. The molecule has 3 aromatic rings. The zero-order chi connectivity index (χ0) is 30.1. The minimum absolute atomic E-state index is 0.0719. The van der Waals surface area contributed by atoms with E-state index in [2.05, 4.69) is 34.9 Å². The molecule has 1 atom stereocenters. The molecule has 42 heavy (non-hydrogen) atoms. The number of hydrogen-bond donors (Lipinski definition) is 3. The topological polar surface area (TPSA) is 114 Å². The van der Waals surface area contributed by atoms with E-state index in [0.717, 1.165) is 33.4 Å². The van der Waals surface area contributed by atoms with E-state index in [-0.39, 0.29) is 31.3 Å². The molecule has 4 rings (SSSR count). The summed E-state index contributed by atoms with van der Waals surface area (Å²) in [6, 6.07) is 22.6. The molecule has 0 aliphatic heterocycles. The third-order valence-electron chi connectivity index (χ3n) is 7.20. The summed E-state index contributed by atoms with van der Waals surface area (Å²) in [5.74, 6) is -0.221. The SMILES string of the molecule is CC(C)(C)OC(=O)NCCCCC(NC(=O)OCC1c2ccccc2-c2ccccc21)C(=O)Cc1ccc(CO)cc1. The van der Waals surface area contributed by atoms with E-state index in [9.17, 15) is 19.5 Å².